The van der Waals surface area contributed by atoms with Gasteiger partial charge in [-0.05, 0) is 37.4 Å². The number of rotatable bonds is 3. The molecule has 0 heterocycles. The molecule has 0 saturated carbocycles. The minimum atomic E-state index is -0.178. The maximum absolute atomic E-state index is 12.3. The third-order valence-electron chi connectivity index (χ3n) is 2.81. The van der Waals surface area contributed by atoms with Gasteiger partial charge in [0.05, 0.1) is 11.3 Å². The number of nitrogen functional groups attached to an aromatic ring is 1. The summed E-state index contributed by atoms with van der Waals surface area (Å²) in [5.41, 5.74) is 8.67. The number of aryl methyl sites for hydroxylation is 1. The Kier molecular flexibility index (Phi) is 4.12. The van der Waals surface area contributed by atoms with E-state index in [1.807, 2.05) is 43.5 Å². The number of hydrogen-bond acceptors (Lipinski definition) is 3. The van der Waals surface area contributed by atoms with Crippen LogP contribution in [0.5, 0.6) is 0 Å². The quantitative estimate of drug-likeness (QED) is 0.663. The van der Waals surface area contributed by atoms with Gasteiger partial charge in [0.25, 0.3) is 5.91 Å². The molecule has 2 aromatic carbocycles. The molecule has 0 aliphatic rings. The first kappa shape index (κ1) is 13.5. The molecular formula is C15H16N2OS. The summed E-state index contributed by atoms with van der Waals surface area (Å²) in [7, 11) is 0. The summed E-state index contributed by atoms with van der Waals surface area (Å²) in [5.74, 6) is -0.178. The fraction of sp³-hybridized carbons (Fsp3) is 0.133. The largest absolute Gasteiger partial charge is 0.398 e. The molecule has 0 aliphatic carbocycles. The van der Waals surface area contributed by atoms with Gasteiger partial charge in [0.15, 0.2) is 0 Å². The third-order valence-corrected chi connectivity index (χ3v) is 3.60. The van der Waals surface area contributed by atoms with Crippen molar-refractivity contribution in [2.45, 2.75) is 11.8 Å². The zero-order valence-electron chi connectivity index (χ0n) is 10.9. The molecule has 0 aliphatic heterocycles. The van der Waals surface area contributed by atoms with Crippen LogP contribution in [0.3, 0.4) is 0 Å². The van der Waals surface area contributed by atoms with E-state index in [4.69, 9.17) is 5.73 Å². The van der Waals surface area contributed by atoms with Crippen molar-refractivity contribution < 1.29 is 4.79 Å². The fourth-order valence-corrected chi connectivity index (χ4v) is 2.36. The van der Waals surface area contributed by atoms with Crippen LogP contribution in [-0.4, -0.2) is 12.2 Å². The zero-order valence-corrected chi connectivity index (χ0v) is 11.8. The molecule has 3 N–H and O–H groups in total. The molecule has 0 saturated heterocycles. The van der Waals surface area contributed by atoms with Crippen molar-refractivity contribution in [3.8, 4) is 0 Å². The van der Waals surface area contributed by atoms with Gasteiger partial charge in [-0.1, -0.05) is 23.8 Å². The second-order valence-electron chi connectivity index (χ2n) is 4.25. The molecule has 0 radical (unpaired) electrons. The number of hydrogen-bond donors (Lipinski definition) is 2. The van der Waals surface area contributed by atoms with E-state index in [1.165, 1.54) is 0 Å². The summed E-state index contributed by atoms with van der Waals surface area (Å²) in [6.45, 7) is 1.94. The highest BCUT2D eigenvalue weighted by atomic mass is 32.2. The Labute approximate surface area is 117 Å². The maximum Gasteiger partial charge on any atom is 0.257 e. The molecule has 4 heteroatoms. The smallest absolute Gasteiger partial charge is 0.257 e. The van der Waals surface area contributed by atoms with E-state index in [2.05, 4.69) is 5.32 Å². The normalized spacial score (nSPS) is 10.2. The molecule has 0 fully saturated rings. The minimum Gasteiger partial charge on any atom is -0.398 e. The van der Waals surface area contributed by atoms with Crippen molar-refractivity contribution in [2.75, 3.05) is 17.3 Å². The van der Waals surface area contributed by atoms with Gasteiger partial charge in [0.1, 0.15) is 0 Å². The Bertz CT molecular complexity index is 611. The van der Waals surface area contributed by atoms with Crippen molar-refractivity contribution in [1.82, 2.24) is 0 Å². The first-order valence-electron chi connectivity index (χ1n) is 5.92. The number of carbonyl (C=O) groups excluding carboxylic acids is 1. The molecule has 0 atom stereocenters. The highest BCUT2D eigenvalue weighted by molar-refractivity contribution is 7.98. The van der Waals surface area contributed by atoms with E-state index >= 15 is 0 Å². The topological polar surface area (TPSA) is 55.1 Å². The third kappa shape index (κ3) is 3.09. The van der Waals surface area contributed by atoms with Crippen LogP contribution in [0.2, 0.25) is 0 Å². The summed E-state index contributed by atoms with van der Waals surface area (Å²) in [4.78, 5) is 13.3. The molecule has 98 valence electrons. The number of para-hydroxylation sites is 1. The van der Waals surface area contributed by atoms with E-state index in [-0.39, 0.29) is 5.91 Å². The number of thioether (sulfide) groups is 1. The van der Waals surface area contributed by atoms with Crippen LogP contribution < -0.4 is 11.1 Å². The van der Waals surface area contributed by atoms with Crippen LogP contribution in [0.4, 0.5) is 11.4 Å². The first-order valence-corrected chi connectivity index (χ1v) is 7.15. The Hall–Kier alpha value is -1.94. The van der Waals surface area contributed by atoms with E-state index in [0.29, 0.717) is 11.3 Å². The maximum atomic E-state index is 12.3. The number of carbonyl (C=O) groups is 1. The first-order chi connectivity index (χ1) is 9.11. The van der Waals surface area contributed by atoms with Gasteiger partial charge in [-0.3, -0.25) is 4.79 Å². The number of amides is 1. The summed E-state index contributed by atoms with van der Waals surface area (Å²) in [5, 5.41) is 2.91. The van der Waals surface area contributed by atoms with Crippen molar-refractivity contribution in [1.29, 1.82) is 0 Å². The van der Waals surface area contributed by atoms with E-state index in [1.54, 1.807) is 23.9 Å². The summed E-state index contributed by atoms with van der Waals surface area (Å²) in [6, 6.07) is 13.1. The molecule has 2 aromatic rings. The van der Waals surface area contributed by atoms with Crippen molar-refractivity contribution in [2.24, 2.45) is 0 Å². The van der Waals surface area contributed by atoms with Gasteiger partial charge in [0, 0.05) is 10.6 Å². The Morgan fingerprint density at radius 3 is 2.68 bits per heavy atom. The van der Waals surface area contributed by atoms with Gasteiger partial charge in [-0.15, -0.1) is 11.8 Å². The monoisotopic (exact) mass is 272 g/mol. The average molecular weight is 272 g/mol. The molecule has 0 spiro atoms. The summed E-state index contributed by atoms with van der Waals surface area (Å²) < 4.78 is 0. The molecule has 0 unspecified atom stereocenters. The van der Waals surface area contributed by atoms with E-state index in [9.17, 15) is 4.79 Å². The van der Waals surface area contributed by atoms with Crippen LogP contribution >= 0.6 is 11.8 Å². The number of nitrogens with two attached hydrogens (primary N) is 1. The van der Waals surface area contributed by atoms with E-state index in [0.717, 1.165) is 16.1 Å². The standard InChI is InChI=1S/C15H16N2OS/c1-10-7-8-12(16)11(9-10)15(18)17-13-5-3-4-6-14(13)19-2/h3-9H,16H2,1-2H3,(H,17,18). The van der Waals surface area contributed by atoms with Gasteiger partial charge in [0.2, 0.25) is 0 Å². The number of benzene rings is 2. The second kappa shape index (κ2) is 5.80. The fourth-order valence-electron chi connectivity index (χ4n) is 1.80. The Balaban J connectivity index is 2.28. The molecule has 1 amide bonds. The van der Waals surface area contributed by atoms with Crippen molar-refractivity contribution >= 4 is 29.0 Å². The lowest BCUT2D eigenvalue weighted by Gasteiger charge is -2.11. The molecular weight excluding hydrogens is 256 g/mol. The lowest BCUT2D eigenvalue weighted by molar-refractivity contribution is 0.102. The lowest BCUT2D eigenvalue weighted by Crippen LogP contribution is -2.14. The van der Waals surface area contributed by atoms with Crippen molar-refractivity contribution in [3.63, 3.8) is 0 Å². The zero-order chi connectivity index (χ0) is 13.8. The van der Waals surface area contributed by atoms with Crippen LogP contribution in [0.1, 0.15) is 15.9 Å². The van der Waals surface area contributed by atoms with Crippen molar-refractivity contribution in [3.05, 3.63) is 53.6 Å². The Morgan fingerprint density at radius 1 is 1.21 bits per heavy atom. The Morgan fingerprint density at radius 2 is 1.95 bits per heavy atom. The lowest BCUT2D eigenvalue weighted by atomic mass is 10.1. The SMILES string of the molecule is CSc1ccccc1NC(=O)c1cc(C)ccc1N. The number of anilines is 2. The average Bonchev–Trinajstić information content (AvgIpc) is 2.42. The van der Waals surface area contributed by atoms with Gasteiger partial charge >= 0.3 is 0 Å². The number of nitrogens with one attached hydrogen (secondary N) is 1. The van der Waals surface area contributed by atoms with Gasteiger partial charge in [-0.2, -0.15) is 0 Å². The van der Waals surface area contributed by atoms with Crippen LogP contribution in [0.15, 0.2) is 47.4 Å². The molecule has 0 aromatic heterocycles. The highest BCUT2D eigenvalue weighted by Gasteiger charge is 2.11. The molecule has 2 rings (SSSR count). The molecule has 3 nitrogen and oxygen atoms in total. The van der Waals surface area contributed by atoms with Crippen LogP contribution in [0, 0.1) is 6.92 Å². The summed E-state index contributed by atoms with van der Waals surface area (Å²) >= 11 is 1.59. The van der Waals surface area contributed by atoms with Gasteiger partial charge < -0.3 is 11.1 Å². The minimum absolute atomic E-state index is 0.178. The predicted molar refractivity (Wildman–Crippen MR) is 81.8 cm³/mol. The second-order valence-corrected chi connectivity index (χ2v) is 5.09. The highest BCUT2D eigenvalue weighted by Crippen LogP contribution is 2.25. The predicted octanol–water partition coefficient (Wildman–Crippen LogP) is 3.55. The molecule has 0 bridgehead atoms. The molecule has 19 heavy (non-hydrogen) atoms. The van der Waals surface area contributed by atoms with Crippen LogP contribution in [-0.2, 0) is 0 Å². The van der Waals surface area contributed by atoms with E-state index < -0.39 is 0 Å². The van der Waals surface area contributed by atoms with Crippen LogP contribution in [0.25, 0.3) is 0 Å². The summed E-state index contributed by atoms with van der Waals surface area (Å²) in [6.07, 6.45) is 1.98. The van der Waals surface area contributed by atoms with Gasteiger partial charge in [-0.25, -0.2) is 0 Å².